The van der Waals surface area contributed by atoms with Crippen molar-refractivity contribution in [2.45, 2.75) is 56.0 Å². The largest absolute Gasteiger partial charge is 0.493 e. The standard InChI is InChI=1S/C22H25NO6/c1-12(24)27-16-7-8-22-17(28-13(2)25)11-14-5-6-15(26-4)19-18(14)21(22,20(16)29-19)9-10-23(22)3/h5-8,16-17,20H,9-11H2,1-4H3. The lowest BCUT2D eigenvalue weighted by molar-refractivity contribution is -0.161. The van der Waals surface area contributed by atoms with Gasteiger partial charge in [0, 0.05) is 25.8 Å². The number of likely N-dealkylation sites (N-methyl/N-ethyl adjacent to an activating group) is 1. The number of rotatable bonds is 3. The minimum Gasteiger partial charge on any atom is -0.493 e. The maximum absolute atomic E-state index is 12.0. The van der Waals surface area contributed by atoms with Gasteiger partial charge in [0.25, 0.3) is 0 Å². The summed E-state index contributed by atoms with van der Waals surface area (Å²) in [6, 6.07) is 3.93. The van der Waals surface area contributed by atoms with Gasteiger partial charge in [0.05, 0.1) is 18.1 Å². The lowest BCUT2D eigenvalue weighted by Crippen LogP contribution is -2.71. The second kappa shape index (κ2) is 5.98. The number of benzene rings is 1. The zero-order chi connectivity index (χ0) is 20.6. The molecule has 0 radical (unpaired) electrons. The summed E-state index contributed by atoms with van der Waals surface area (Å²) in [5, 5.41) is 0. The number of hydrogen-bond acceptors (Lipinski definition) is 7. The Bertz CT molecular complexity index is 941. The van der Waals surface area contributed by atoms with Crippen molar-refractivity contribution in [3.8, 4) is 11.5 Å². The fourth-order valence-corrected chi connectivity index (χ4v) is 6.26. The fourth-order valence-electron chi connectivity index (χ4n) is 6.26. The van der Waals surface area contributed by atoms with Crippen molar-refractivity contribution < 1.29 is 28.5 Å². The first-order valence-electron chi connectivity index (χ1n) is 9.97. The van der Waals surface area contributed by atoms with Crippen LogP contribution in [0, 0.1) is 0 Å². The first-order valence-corrected chi connectivity index (χ1v) is 9.97. The van der Waals surface area contributed by atoms with E-state index in [1.165, 1.54) is 13.8 Å². The summed E-state index contributed by atoms with van der Waals surface area (Å²) in [6.45, 7) is 3.67. The lowest BCUT2D eigenvalue weighted by atomic mass is 9.53. The van der Waals surface area contributed by atoms with Crippen molar-refractivity contribution in [2.24, 2.45) is 0 Å². The van der Waals surface area contributed by atoms with Crippen molar-refractivity contribution in [2.75, 3.05) is 20.7 Å². The Morgan fingerprint density at radius 2 is 1.97 bits per heavy atom. The van der Waals surface area contributed by atoms with Crippen LogP contribution in [0.25, 0.3) is 0 Å². The van der Waals surface area contributed by atoms with E-state index in [1.54, 1.807) is 7.11 Å². The molecule has 5 rings (SSSR count). The Morgan fingerprint density at radius 3 is 2.66 bits per heavy atom. The van der Waals surface area contributed by atoms with E-state index in [4.69, 9.17) is 18.9 Å². The van der Waals surface area contributed by atoms with Crippen molar-refractivity contribution in [3.63, 3.8) is 0 Å². The zero-order valence-electron chi connectivity index (χ0n) is 17.1. The first-order chi connectivity index (χ1) is 13.8. The lowest BCUT2D eigenvalue weighted by Gasteiger charge is -2.56. The number of hydrogen-bond donors (Lipinski definition) is 0. The van der Waals surface area contributed by atoms with E-state index in [2.05, 4.69) is 18.0 Å². The van der Waals surface area contributed by atoms with E-state index < -0.39 is 23.2 Å². The normalized spacial score (nSPS) is 36.1. The van der Waals surface area contributed by atoms with Crippen molar-refractivity contribution in [1.82, 2.24) is 4.90 Å². The average Bonchev–Trinajstić information content (AvgIpc) is 3.18. The maximum atomic E-state index is 12.0. The van der Waals surface area contributed by atoms with Gasteiger partial charge in [-0.05, 0) is 37.7 Å². The molecule has 0 N–H and O–H groups in total. The molecule has 1 aromatic carbocycles. The highest BCUT2D eigenvalue weighted by molar-refractivity contribution is 5.70. The van der Waals surface area contributed by atoms with Crippen LogP contribution in [0.2, 0.25) is 0 Å². The third-order valence-corrected chi connectivity index (χ3v) is 7.14. The summed E-state index contributed by atoms with van der Waals surface area (Å²) < 4.78 is 23.7. The van der Waals surface area contributed by atoms with Gasteiger partial charge in [0.2, 0.25) is 0 Å². The summed E-state index contributed by atoms with van der Waals surface area (Å²) in [4.78, 5) is 26.1. The molecule has 4 aliphatic rings. The zero-order valence-corrected chi connectivity index (χ0v) is 17.1. The van der Waals surface area contributed by atoms with Crippen LogP contribution in [-0.2, 0) is 30.9 Å². The van der Waals surface area contributed by atoms with Gasteiger partial charge in [-0.2, -0.15) is 0 Å². The first kappa shape index (κ1) is 18.5. The number of esters is 2. The van der Waals surface area contributed by atoms with Gasteiger partial charge in [-0.3, -0.25) is 14.5 Å². The number of carbonyl (C=O) groups excluding carboxylic acids is 2. The second-order valence-corrected chi connectivity index (χ2v) is 8.37. The van der Waals surface area contributed by atoms with E-state index >= 15 is 0 Å². The predicted octanol–water partition coefficient (Wildman–Crippen LogP) is 1.76. The molecular weight excluding hydrogens is 374 g/mol. The molecule has 2 heterocycles. The molecule has 1 saturated heterocycles. The van der Waals surface area contributed by atoms with Crippen LogP contribution in [-0.4, -0.2) is 61.4 Å². The maximum Gasteiger partial charge on any atom is 0.303 e. The van der Waals surface area contributed by atoms with E-state index in [9.17, 15) is 9.59 Å². The topological polar surface area (TPSA) is 74.3 Å². The summed E-state index contributed by atoms with van der Waals surface area (Å²) in [6.07, 6.45) is 4.08. The Labute approximate surface area is 169 Å². The average molecular weight is 399 g/mol. The Kier molecular flexibility index (Phi) is 3.81. The van der Waals surface area contributed by atoms with Crippen LogP contribution in [0.15, 0.2) is 24.3 Å². The van der Waals surface area contributed by atoms with Crippen molar-refractivity contribution in [1.29, 1.82) is 0 Å². The Hall–Kier alpha value is -2.54. The number of ether oxygens (including phenoxy) is 4. The summed E-state index contributed by atoms with van der Waals surface area (Å²) in [7, 11) is 3.68. The molecule has 7 nitrogen and oxygen atoms in total. The van der Waals surface area contributed by atoms with E-state index in [0.29, 0.717) is 12.2 Å². The molecule has 2 aliphatic heterocycles. The van der Waals surface area contributed by atoms with Crippen molar-refractivity contribution >= 4 is 11.9 Å². The number of nitrogens with zero attached hydrogens (tertiary/aromatic N) is 1. The quantitative estimate of drug-likeness (QED) is 0.566. The number of methoxy groups -OCH3 is 1. The third kappa shape index (κ3) is 2.11. The minimum atomic E-state index is -0.565. The molecule has 154 valence electrons. The van der Waals surface area contributed by atoms with Gasteiger partial charge < -0.3 is 18.9 Å². The number of carbonyl (C=O) groups is 2. The highest BCUT2D eigenvalue weighted by atomic mass is 16.6. The predicted molar refractivity (Wildman–Crippen MR) is 103 cm³/mol. The van der Waals surface area contributed by atoms with Crippen molar-refractivity contribution in [3.05, 3.63) is 35.4 Å². The molecule has 5 unspecified atom stereocenters. The van der Waals surface area contributed by atoms with Gasteiger partial charge in [-0.25, -0.2) is 0 Å². The van der Waals surface area contributed by atoms with E-state index in [0.717, 1.165) is 29.8 Å². The molecule has 2 aliphatic carbocycles. The Morgan fingerprint density at radius 1 is 1.21 bits per heavy atom. The highest BCUT2D eigenvalue weighted by Crippen LogP contribution is 2.66. The van der Waals surface area contributed by atoms with Crippen LogP contribution in [0.1, 0.15) is 31.4 Å². The van der Waals surface area contributed by atoms with Crippen LogP contribution in [0.3, 0.4) is 0 Å². The molecule has 5 atom stereocenters. The Balaban J connectivity index is 1.79. The van der Waals surface area contributed by atoms with Gasteiger partial charge in [0.15, 0.2) is 23.7 Å². The van der Waals surface area contributed by atoms with Crippen LogP contribution in [0.5, 0.6) is 11.5 Å². The SMILES string of the molecule is COc1ccc2c3c1OC1C(OC(C)=O)C=CC4(C(OC(C)=O)C2)N(C)CCC314. The molecule has 0 aromatic heterocycles. The monoisotopic (exact) mass is 399 g/mol. The third-order valence-electron chi connectivity index (χ3n) is 7.14. The molecule has 0 bridgehead atoms. The molecule has 1 aromatic rings. The van der Waals surface area contributed by atoms with Crippen LogP contribution in [0.4, 0.5) is 0 Å². The molecule has 1 fully saturated rings. The van der Waals surface area contributed by atoms with Gasteiger partial charge in [0.1, 0.15) is 6.10 Å². The number of likely N-dealkylation sites (tertiary alicyclic amines) is 1. The highest BCUT2D eigenvalue weighted by Gasteiger charge is 2.74. The minimum absolute atomic E-state index is 0.303. The van der Waals surface area contributed by atoms with E-state index in [1.807, 2.05) is 18.2 Å². The van der Waals surface area contributed by atoms with Gasteiger partial charge in [-0.15, -0.1) is 0 Å². The summed E-state index contributed by atoms with van der Waals surface area (Å²) in [5.74, 6) is 0.734. The summed E-state index contributed by atoms with van der Waals surface area (Å²) >= 11 is 0. The molecule has 29 heavy (non-hydrogen) atoms. The molecular formula is C22H25NO6. The van der Waals surface area contributed by atoms with Crippen LogP contribution < -0.4 is 9.47 Å². The second-order valence-electron chi connectivity index (χ2n) is 8.37. The van der Waals surface area contributed by atoms with E-state index in [-0.39, 0.29) is 18.0 Å². The fraction of sp³-hybridized carbons (Fsp3) is 0.545. The van der Waals surface area contributed by atoms with Gasteiger partial charge in [-0.1, -0.05) is 12.1 Å². The molecule has 7 heteroatoms. The summed E-state index contributed by atoms with van der Waals surface area (Å²) in [5.41, 5.74) is 1.15. The molecule has 0 saturated carbocycles. The van der Waals surface area contributed by atoms with Crippen LogP contribution >= 0.6 is 0 Å². The van der Waals surface area contributed by atoms with Gasteiger partial charge >= 0.3 is 11.9 Å². The molecule has 0 amide bonds. The molecule has 1 spiro atoms. The smallest absolute Gasteiger partial charge is 0.303 e.